The fraction of sp³-hybridized carbons (Fsp3) is 0.286. The lowest BCUT2D eigenvalue weighted by molar-refractivity contribution is 0.0336. The van der Waals surface area contributed by atoms with Crippen LogP contribution in [-0.2, 0) is 0 Å². The van der Waals surface area contributed by atoms with Crippen molar-refractivity contribution in [2.75, 3.05) is 27.7 Å². The second-order valence-electron chi connectivity index (χ2n) is 6.56. The number of hydrogen-bond acceptors (Lipinski definition) is 4. The van der Waals surface area contributed by atoms with Crippen molar-refractivity contribution < 1.29 is 14.6 Å². The quantitative estimate of drug-likeness (QED) is 0.630. The van der Waals surface area contributed by atoms with E-state index in [1.54, 1.807) is 26.1 Å². The normalized spacial score (nSPS) is 12.3. The summed E-state index contributed by atoms with van der Waals surface area (Å²) in [4.78, 5) is 14.7. The number of rotatable bonds is 7. The highest BCUT2D eigenvalue weighted by Gasteiger charge is 2.24. The average molecular weight is 367 g/mol. The van der Waals surface area contributed by atoms with Crippen LogP contribution >= 0.6 is 0 Å². The maximum absolute atomic E-state index is 13.0. The van der Waals surface area contributed by atoms with Gasteiger partial charge in [0, 0.05) is 24.0 Å². The van der Waals surface area contributed by atoms with E-state index in [9.17, 15) is 9.90 Å². The van der Waals surface area contributed by atoms with Gasteiger partial charge in [0.1, 0.15) is 6.23 Å². The first kappa shape index (κ1) is 18.9. The number of fused-ring (bicyclic) bond motifs is 1. The van der Waals surface area contributed by atoms with Gasteiger partial charge >= 0.3 is 0 Å². The number of hydrogen-bond donors (Lipinski definition) is 2. The fourth-order valence-electron chi connectivity index (χ4n) is 3.12. The molecule has 0 fully saturated rings. The van der Waals surface area contributed by atoms with Crippen molar-refractivity contribution in [3.63, 3.8) is 0 Å². The lowest BCUT2D eigenvalue weighted by atomic mass is 10.2. The number of carbonyl (C=O) groups is 1. The van der Waals surface area contributed by atoms with Gasteiger partial charge in [0.25, 0.3) is 5.91 Å². The molecule has 0 spiro atoms. The van der Waals surface area contributed by atoms with E-state index in [2.05, 4.69) is 5.32 Å². The van der Waals surface area contributed by atoms with Crippen molar-refractivity contribution >= 4 is 16.8 Å². The predicted octanol–water partition coefficient (Wildman–Crippen LogP) is 2.64. The van der Waals surface area contributed by atoms with Crippen LogP contribution in [0.4, 0.5) is 0 Å². The number of aliphatic hydroxyl groups excluding tert-OH is 1. The Morgan fingerprint density at radius 2 is 1.81 bits per heavy atom. The van der Waals surface area contributed by atoms with Crippen molar-refractivity contribution in [2.24, 2.45) is 0 Å². The highest BCUT2D eigenvalue weighted by Crippen LogP contribution is 2.35. The third-order valence-electron chi connectivity index (χ3n) is 4.55. The molecule has 27 heavy (non-hydrogen) atoms. The number of nitrogens with zero attached hydrogens (tertiary/aromatic N) is 2. The van der Waals surface area contributed by atoms with Crippen LogP contribution in [0, 0.1) is 0 Å². The number of aliphatic hydroxyl groups is 1. The maximum atomic E-state index is 13.0. The minimum Gasteiger partial charge on any atom is -0.494 e. The van der Waals surface area contributed by atoms with Crippen LogP contribution in [-0.4, -0.2) is 54.5 Å². The van der Waals surface area contributed by atoms with Gasteiger partial charge in [-0.3, -0.25) is 9.69 Å². The highest BCUT2D eigenvalue weighted by molar-refractivity contribution is 6.05. The number of ether oxygens (including phenoxy) is 1. The summed E-state index contributed by atoms with van der Waals surface area (Å²) in [7, 11) is 5.16. The van der Waals surface area contributed by atoms with E-state index < -0.39 is 6.23 Å². The third kappa shape index (κ3) is 3.82. The van der Waals surface area contributed by atoms with E-state index in [1.165, 1.54) is 0 Å². The predicted molar refractivity (Wildman–Crippen MR) is 106 cm³/mol. The van der Waals surface area contributed by atoms with Crippen molar-refractivity contribution in [3.05, 3.63) is 60.3 Å². The van der Waals surface area contributed by atoms with Crippen LogP contribution in [0.5, 0.6) is 5.75 Å². The van der Waals surface area contributed by atoms with Gasteiger partial charge in [-0.15, -0.1) is 0 Å². The molecular formula is C21H25N3O3. The number of benzene rings is 2. The van der Waals surface area contributed by atoms with Crippen molar-refractivity contribution in [1.82, 2.24) is 14.8 Å². The largest absolute Gasteiger partial charge is 0.494 e. The molecule has 6 heteroatoms. The molecule has 142 valence electrons. The van der Waals surface area contributed by atoms with Crippen molar-refractivity contribution in [2.45, 2.75) is 12.6 Å². The molecule has 0 bridgehead atoms. The molecule has 1 unspecified atom stereocenters. The van der Waals surface area contributed by atoms with Gasteiger partial charge < -0.3 is 19.7 Å². The van der Waals surface area contributed by atoms with E-state index in [0.29, 0.717) is 24.4 Å². The van der Waals surface area contributed by atoms with Crippen LogP contribution in [0.1, 0.15) is 16.9 Å². The van der Waals surface area contributed by atoms with Gasteiger partial charge in [-0.2, -0.15) is 0 Å². The van der Waals surface area contributed by atoms with Gasteiger partial charge in [0.15, 0.2) is 11.4 Å². The summed E-state index contributed by atoms with van der Waals surface area (Å²) in [5, 5.41) is 13.7. The molecular weight excluding hydrogens is 342 g/mol. The number of carbonyl (C=O) groups excluding carboxylic acids is 1. The average Bonchev–Trinajstić information content (AvgIpc) is 3.02. The van der Waals surface area contributed by atoms with E-state index in [1.807, 2.05) is 59.2 Å². The number of nitrogens with one attached hydrogen (secondary N) is 1. The minimum atomic E-state index is -0.604. The molecule has 6 nitrogen and oxygen atoms in total. The molecule has 0 radical (unpaired) electrons. The highest BCUT2D eigenvalue weighted by atomic mass is 16.5. The Bertz CT molecular complexity index is 919. The zero-order valence-corrected chi connectivity index (χ0v) is 15.8. The Hall–Kier alpha value is -2.83. The summed E-state index contributed by atoms with van der Waals surface area (Å²) >= 11 is 0. The number of amides is 1. The Morgan fingerprint density at radius 1 is 1.15 bits per heavy atom. The molecule has 0 aliphatic heterocycles. The Balaban J connectivity index is 2.02. The second-order valence-corrected chi connectivity index (χ2v) is 6.56. The Kier molecular flexibility index (Phi) is 5.78. The molecule has 0 aliphatic rings. The monoisotopic (exact) mass is 367 g/mol. The van der Waals surface area contributed by atoms with Crippen LogP contribution < -0.4 is 10.1 Å². The zero-order chi connectivity index (χ0) is 19.4. The van der Waals surface area contributed by atoms with E-state index >= 15 is 0 Å². The first-order chi connectivity index (χ1) is 13.0. The Labute approximate surface area is 159 Å². The van der Waals surface area contributed by atoms with Crippen molar-refractivity contribution in [3.8, 4) is 11.4 Å². The minimum absolute atomic E-state index is 0.238. The van der Waals surface area contributed by atoms with Gasteiger partial charge in [0.05, 0.1) is 12.6 Å². The van der Waals surface area contributed by atoms with Gasteiger partial charge in [0.2, 0.25) is 0 Å². The fourth-order valence-corrected chi connectivity index (χ4v) is 3.12. The molecule has 3 aromatic rings. The summed E-state index contributed by atoms with van der Waals surface area (Å²) in [6.45, 7) is 0.359. The molecule has 0 saturated heterocycles. The maximum Gasteiger partial charge on any atom is 0.272 e. The molecule has 2 aromatic carbocycles. The topological polar surface area (TPSA) is 66.7 Å². The summed E-state index contributed by atoms with van der Waals surface area (Å²) in [6, 6.07) is 17.5. The number of aromatic nitrogens is 1. The molecule has 1 heterocycles. The smallest absolute Gasteiger partial charge is 0.272 e. The van der Waals surface area contributed by atoms with Gasteiger partial charge in [-0.1, -0.05) is 30.3 Å². The molecule has 2 N–H and O–H groups in total. The summed E-state index contributed by atoms with van der Waals surface area (Å²) in [5.41, 5.74) is 2.23. The Morgan fingerprint density at radius 3 is 2.48 bits per heavy atom. The lowest BCUT2D eigenvalue weighted by Crippen LogP contribution is -2.34. The zero-order valence-electron chi connectivity index (χ0n) is 15.8. The van der Waals surface area contributed by atoms with Crippen molar-refractivity contribution in [1.29, 1.82) is 0 Å². The van der Waals surface area contributed by atoms with Gasteiger partial charge in [-0.05, 0) is 38.4 Å². The van der Waals surface area contributed by atoms with Crippen LogP contribution in [0.15, 0.2) is 54.6 Å². The molecule has 1 aromatic heterocycles. The van der Waals surface area contributed by atoms with Gasteiger partial charge in [-0.25, -0.2) is 0 Å². The summed E-state index contributed by atoms with van der Waals surface area (Å²) < 4.78 is 7.52. The standard InChI is InChI=1S/C21H25N3O3/c1-23(2)18(25)13-14-22-21(26)19-20(27-3)16-11-7-8-12-17(16)24(19)15-9-5-4-6-10-15/h4-12,18,25H,13-14H2,1-3H3,(H,22,26). The third-order valence-corrected chi connectivity index (χ3v) is 4.55. The molecule has 1 atom stereocenters. The lowest BCUT2D eigenvalue weighted by Gasteiger charge is -2.18. The summed E-state index contributed by atoms with van der Waals surface area (Å²) in [5.74, 6) is 0.304. The van der Waals surface area contributed by atoms with Crippen LogP contribution in [0.25, 0.3) is 16.6 Å². The molecule has 3 rings (SSSR count). The first-order valence-electron chi connectivity index (χ1n) is 8.90. The van der Waals surface area contributed by atoms with E-state index in [0.717, 1.165) is 16.6 Å². The van der Waals surface area contributed by atoms with E-state index in [-0.39, 0.29) is 5.91 Å². The molecule has 0 saturated carbocycles. The first-order valence-corrected chi connectivity index (χ1v) is 8.90. The number of methoxy groups -OCH3 is 1. The SMILES string of the molecule is COc1c(C(=O)NCCC(O)N(C)C)n(-c2ccccc2)c2ccccc12. The van der Waals surface area contributed by atoms with Crippen LogP contribution in [0.3, 0.4) is 0 Å². The van der Waals surface area contributed by atoms with Crippen LogP contribution in [0.2, 0.25) is 0 Å². The molecule has 1 amide bonds. The second kappa shape index (κ2) is 8.24. The number of para-hydroxylation sites is 2. The molecule has 0 aliphatic carbocycles. The van der Waals surface area contributed by atoms with E-state index in [4.69, 9.17) is 4.74 Å². The summed E-state index contributed by atoms with van der Waals surface area (Å²) in [6.07, 6.45) is -0.167.